The highest BCUT2D eigenvalue weighted by Gasteiger charge is 2.34. The molecule has 0 saturated carbocycles. The first kappa shape index (κ1) is 16.2. The third kappa shape index (κ3) is 3.48. The van der Waals surface area contributed by atoms with Crippen LogP contribution in [0.25, 0.3) is 0 Å². The summed E-state index contributed by atoms with van der Waals surface area (Å²) < 4.78 is 0. The van der Waals surface area contributed by atoms with Crippen LogP contribution in [0.1, 0.15) is 23.1 Å². The lowest BCUT2D eigenvalue weighted by Gasteiger charge is -2.17. The van der Waals surface area contributed by atoms with Gasteiger partial charge in [0.2, 0.25) is 11.8 Å². The highest BCUT2D eigenvalue weighted by molar-refractivity contribution is 6.00. The van der Waals surface area contributed by atoms with Crippen LogP contribution < -0.4 is 10.2 Å². The van der Waals surface area contributed by atoms with Crippen molar-refractivity contribution in [2.24, 2.45) is 5.92 Å². The lowest BCUT2D eigenvalue weighted by atomic mass is 10.1. The molecule has 0 spiro atoms. The molecule has 0 bridgehead atoms. The van der Waals surface area contributed by atoms with E-state index in [1.165, 1.54) is 0 Å². The van der Waals surface area contributed by atoms with Crippen LogP contribution in [0.15, 0.2) is 48.5 Å². The van der Waals surface area contributed by atoms with Gasteiger partial charge in [0.05, 0.1) is 5.92 Å². The van der Waals surface area contributed by atoms with Gasteiger partial charge in [0, 0.05) is 25.2 Å². The van der Waals surface area contributed by atoms with E-state index in [0.717, 1.165) is 22.4 Å². The minimum absolute atomic E-state index is 0.0108. The van der Waals surface area contributed by atoms with Gasteiger partial charge in [0.25, 0.3) is 0 Å². The summed E-state index contributed by atoms with van der Waals surface area (Å²) in [5, 5.41) is 2.97. The predicted octanol–water partition coefficient (Wildman–Crippen LogP) is 2.97. The molecule has 4 heteroatoms. The standard InChI is InChI=1S/C20H22N2O2/c1-14-6-5-9-18(10-14)22-13-17(11-19(22)23)20(24)21-12-16-8-4-3-7-15(16)2/h3-10,17H,11-13H2,1-2H3,(H,21,24)/t17-/m0/s1. The molecule has 1 heterocycles. The summed E-state index contributed by atoms with van der Waals surface area (Å²) in [4.78, 5) is 26.4. The third-order valence-electron chi connectivity index (χ3n) is 4.52. The van der Waals surface area contributed by atoms with E-state index >= 15 is 0 Å². The summed E-state index contributed by atoms with van der Waals surface area (Å²) in [6, 6.07) is 15.8. The molecule has 1 aliphatic rings. The Kier molecular flexibility index (Phi) is 4.65. The molecule has 24 heavy (non-hydrogen) atoms. The molecule has 0 radical (unpaired) electrons. The summed E-state index contributed by atoms with van der Waals surface area (Å²) >= 11 is 0. The topological polar surface area (TPSA) is 49.4 Å². The number of nitrogens with one attached hydrogen (secondary N) is 1. The number of nitrogens with zero attached hydrogens (tertiary/aromatic N) is 1. The number of hydrogen-bond acceptors (Lipinski definition) is 2. The molecule has 0 aromatic heterocycles. The van der Waals surface area contributed by atoms with Crippen molar-refractivity contribution in [2.45, 2.75) is 26.8 Å². The van der Waals surface area contributed by atoms with E-state index in [0.29, 0.717) is 13.1 Å². The van der Waals surface area contributed by atoms with Crippen molar-refractivity contribution in [3.05, 3.63) is 65.2 Å². The first-order chi connectivity index (χ1) is 11.5. The average molecular weight is 322 g/mol. The Hall–Kier alpha value is -2.62. The van der Waals surface area contributed by atoms with E-state index in [4.69, 9.17) is 0 Å². The minimum atomic E-state index is -0.290. The van der Waals surface area contributed by atoms with Crippen LogP contribution in [-0.2, 0) is 16.1 Å². The Balaban J connectivity index is 1.63. The van der Waals surface area contributed by atoms with E-state index < -0.39 is 0 Å². The molecular formula is C20H22N2O2. The fourth-order valence-electron chi connectivity index (χ4n) is 3.06. The zero-order chi connectivity index (χ0) is 17.1. The maximum Gasteiger partial charge on any atom is 0.227 e. The molecular weight excluding hydrogens is 300 g/mol. The van der Waals surface area contributed by atoms with Crippen LogP contribution in [0.3, 0.4) is 0 Å². The minimum Gasteiger partial charge on any atom is -0.352 e. The second kappa shape index (κ2) is 6.87. The molecule has 1 fully saturated rings. The molecule has 1 atom stereocenters. The van der Waals surface area contributed by atoms with Crippen molar-refractivity contribution in [3.63, 3.8) is 0 Å². The van der Waals surface area contributed by atoms with Crippen molar-refractivity contribution in [1.29, 1.82) is 0 Å². The average Bonchev–Trinajstić information content (AvgIpc) is 2.96. The molecule has 2 aromatic rings. The van der Waals surface area contributed by atoms with Crippen LogP contribution in [0.5, 0.6) is 0 Å². The van der Waals surface area contributed by atoms with E-state index in [1.54, 1.807) is 4.90 Å². The lowest BCUT2D eigenvalue weighted by molar-refractivity contribution is -0.126. The number of amides is 2. The Labute approximate surface area is 142 Å². The number of rotatable bonds is 4. The summed E-state index contributed by atoms with van der Waals surface area (Å²) in [6.45, 7) is 4.97. The number of anilines is 1. The number of carbonyl (C=O) groups is 2. The van der Waals surface area contributed by atoms with Gasteiger partial charge in [0.15, 0.2) is 0 Å². The molecule has 4 nitrogen and oxygen atoms in total. The van der Waals surface area contributed by atoms with E-state index in [2.05, 4.69) is 5.32 Å². The molecule has 1 N–H and O–H groups in total. The molecule has 0 aliphatic carbocycles. The van der Waals surface area contributed by atoms with Crippen molar-refractivity contribution < 1.29 is 9.59 Å². The maximum absolute atomic E-state index is 12.4. The molecule has 2 amide bonds. The predicted molar refractivity (Wildman–Crippen MR) is 94.7 cm³/mol. The monoisotopic (exact) mass is 322 g/mol. The molecule has 0 unspecified atom stereocenters. The number of aryl methyl sites for hydroxylation is 2. The van der Waals surface area contributed by atoms with Gasteiger partial charge in [-0.2, -0.15) is 0 Å². The lowest BCUT2D eigenvalue weighted by Crippen LogP contribution is -2.32. The second-order valence-corrected chi connectivity index (χ2v) is 6.39. The Morgan fingerprint density at radius 3 is 2.71 bits per heavy atom. The van der Waals surface area contributed by atoms with Crippen molar-refractivity contribution >= 4 is 17.5 Å². The van der Waals surface area contributed by atoms with E-state index in [1.807, 2.05) is 62.4 Å². The fraction of sp³-hybridized carbons (Fsp3) is 0.300. The van der Waals surface area contributed by atoms with Gasteiger partial charge in [-0.1, -0.05) is 36.4 Å². The zero-order valence-corrected chi connectivity index (χ0v) is 14.1. The number of hydrogen-bond donors (Lipinski definition) is 1. The van der Waals surface area contributed by atoms with E-state index in [-0.39, 0.29) is 24.2 Å². The quantitative estimate of drug-likeness (QED) is 0.941. The molecule has 1 aliphatic heterocycles. The normalized spacial score (nSPS) is 17.2. The van der Waals surface area contributed by atoms with Gasteiger partial charge in [-0.25, -0.2) is 0 Å². The van der Waals surface area contributed by atoms with Crippen LogP contribution in [-0.4, -0.2) is 18.4 Å². The Bertz CT molecular complexity index is 770. The summed E-state index contributed by atoms with van der Waals surface area (Å²) in [5.74, 6) is -0.333. The molecule has 3 rings (SSSR count). The van der Waals surface area contributed by atoms with Gasteiger partial charge in [0.1, 0.15) is 0 Å². The van der Waals surface area contributed by atoms with Crippen molar-refractivity contribution in [2.75, 3.05) is 11.4 Å². The SMILES string of the molecule is Cc1cccc(N2C[C@@H](C(=O)NCc3ccccc3C)CC2=O)c1. The van der Waals surface area contributed by atoms with Gasteiger partial charge < -0.3 is 10.2 Å². The largest absolute Gasteiger partial charge is 0.352 e. The molecule has 124 valence electrons. The second-order valence-electron chi connectivity index (χ2n) is 6.39. The highest BCUT2D eigenvalue weighted by atomic mass is 16.2. The van der Waals surface area contributed by atoms with Gasteiger partial charge in [-0.3, -0.25) is 9.59 Å². The molecule has 1 saturated heterocycles. The fourth-order valence-corrected chi connectivity index (χ4v) is 3.06. The molecule has 2 aromatic carbocycles. The summed E-state index contributed by atoms with van der Waals surface area (Å²) in [7, 11) is 0. The Morgan fingerprint density at radius 2 is 1.96 bits per heavy atom. The van der Waals surface area contributed by atoms with Crippen LogP contribution in [0.4, 0.5) is 5.69 Å². The van der Waals surface area contributed by atoms with Gasteiger partial charge in [-0.15, -0.1) is 0 Å². The van der Waals surface area contributed by atoms with Crippen molar-refractivity contribution in [1.82, 2.24) is 5.32 Å². The van der Waals surface area contributed by atoms with Crippen LogP contribution in [0, 0.1) is 19.8 Å². The smallest absolute Gasteiger partial charge is 0.227 e. The van der Waals surface area contributed by atoms with Crippen molar-refractivity contribution in [3.8, 4) is 0 Å². The third-order valence-corrected chi connectivity index (χ3v) is 4.52. The van der Waals surface area contributed by atoms with Crippen LogP contribution >= 0.6 is 0 Å². The van der Waals surface area contributed by atoms with Gasteiger partial charge in [-0.05, 0) is 42.7 Å². The highest BCUT2D eigenvalue weighted by Crippen LogP contribution is 2.26. The number of benzene rings is 2. The first-order valence-electron chi connectivity index (χ1n) is 8.24. The maximum atomic E-state index is 12.4. The summed E-state index contributed by atoms with van der Waals surface area (Å²) in [6.07, 6.45) is 0.271. The summed E-state index contributed by atoms with van der Waals surface area (Å²) in [5.41, 5.74) is 4.23. The van der Waals surface area contributed by atoms with Crippen LogP contribution in [0.2, 0.25) is 0 Å². The number of carbonyl (C=O) groups excluding carboxylic acids is 2. The first-order valence-corrected chi connectivity index (χ1v) is 8.24. The zero-order valence-electron chi connectivity index (χ0n) is 14.1. The Morgan fingerprint density at radius 1 is 1.17 bits per heavy atom. The van der Waals surface area contributed by atoms with E-state index in [9.17, 15) is 9.59 Å². The van der Waals surface area contributed by atoms with Gasteiger partial charge >= 0.3 is 0 Å².